The molecular formula is C16H12BrF2NO4. The van der Waals surface area contributed by atoms with E-state index < -0.39 is 19.1 Å². The topological polar surface area (TPSA) is 64.6 Å². The van der Waals surface area contributed by atoms with Crippen molar-refractivity contribution >= 4 is 33.8 Å². The molecule has 0 atom stereocenters. The third kappa shape index (κ3) is 5.02. The first-order valence-corrected chi connectivity index (χ1v) is 7.50. The lowest BCUT2D eigenvalue weighted by Crippen LogP contribution is -2.21. The fraction of sp³-hybridized carbons (Fsp3) is 0.125. The number of amides is 1. The van der Waals surface area contributed by atoms with Crippen LogP contribution in [0.3, 0.4) is 0 Å². The van der Waals surface area contributed by atoms with Gasteiger partial charge in [0, 0.05) is 4.47 Å². The Bertz CT molecular complexity index is 740. The van der Waals surface area contributed by atoms with Crippen LogP contribution < -0.4 is 14.8 Å². The van der Waals surface area contributed by atoms with E-state index in [4.69, 9.17) is 4.74 Å². The minimum Gasteiger partial charge on any atom is -0.483 e. The number of para-hydroxylation sites is 2. The number of alkyl halides is 2. The fourth-order valence-corrected chi connectivity index (χ4v) is 2.22. The number of ether oxygens (including phenoxy) is 2. The molecule has 0 radical (unpaired) electrons. The molecule has 0 fully saturated rings. The van der Waals surface area contributed by atoms with Crippen molar-refractivity contribution in [2.24, 2.45) is 0 Å². The summed E-state index contributed by atoms with van der Waals surface area (Å²) in [6.45, 7) is -3.40. The highest BCUT2D eigenvalue weighted by atomic mass is 79.9. The quantitative estimate of drug-likeness (QED) is 0.717. The number of hydrogen-bond acceptors (Lipinski definition) is 4. The van der Waals surface area contributed by atoms with Crippen molar-refractivity contribution in [2.45, 2.75) is 6.61 Å². The average Bonchev–Trinajstić information content (AvgIpc) is 2.55. The van der Waals surface area contributed by atoms with Crippen LogP contribution in [-0.2, 0) is 4.79 Å². The Balaban J connectivity index is 2.01. The summed E-state index contributed by atoms with van der Waals surface area (Å²) in [5.41, 5.74) is 0.372. The van der Waals surface area contributed by atoms with Crippen molar-refractivity contribution in [1.82, 2.24) is 0 Å². The third-order valence-corrected chi connectivity index (χ3v) is 3.33. The van der Waals surface area contributed by atoms with E-state index in [1.807, 2.05) is 0 Å². The van der Waals surface area contributed by atoms with Crippen LogP contribution in [0.15, 0.2) is 46.9 Å². The van der Waals surface area contributed by atoms with Crippen LogP contribution >= 0.6 is 15.9 Å². The molecule has 0 unspecified atom stereocenters. The van der Waals surface area contributed by atoms with E-state index in [9.17, 15) is 18.4 Å². The lowest BCUT2D eigenvalue weighted by molar-refractivity contribution is -0.118. The van der Waals surface area contributed by atoms with Crippen LogP contribution in [0.2, 0.25) is 0 Å². The molecule has 0 heterocycles. The number of halogens is 3. The van der Waals surface area contributed by atoms with Gasteiger partial charge in [0.2, 0.25) is 0 Å². The van der Waals surface area contributed by atoms with E-state index >= 15 is 0 Å². The maximum atomic E-state index is 12.3. The number of carbonyl (C=O) groups is 2. The predicted octanol–water partition coefficient (Wildman–Crippen LogP) is 3.88. The molecule has 24 heavy (non-hydrogen) atoms. The SMILES string of the molecule is O=Cc1cc(Br)ccc1OCC(=O)Nc1ccccc1OC(F)F. The van der Waals surface area contributed by atoms with Gasteiger partial charge in [-0.05, 0) is 30.3 Å². The summed E-state index contributed by atoms with van der Waals surface area (Å²) in [7, 11) is 0. The van der Waals surface area contributed by atoms with Gasteiger partial charge in [-0.1, -0.05) is 28.1 Å². The molecule has 0 aliphatic heterocycles. The van der Waals surface area contributed by atoms with Crippen molar-refractivity contribution in [2.75, 3.05) is 11.9 Å². The molecule has 8 heteroatoms. The maximum Gasteiger partial charge on any atom is 0.387 e. The summed E-state index contributed by atoms with van der Waals surface area (Å²) in [4.78, 5) is 22.9. The Morgan fingerprint density at radius 3 is 2.67 bits per heavy atom. The van der Waals surface area contributed by atoms with Crippen LogP contribution in [0, 0.1) is 0 Å². The second kappa shape index (κ2) is 8.39. The first-order chi connectivity index (χ1) is 11.5. The number of carbonyl (C=O) groups excluding carboxylic acids is 2. The standard InChI is InChI=1S/C16H12BrF2NO4/c17-11-5-6-13(10(7-11)8-21)23-9-15(22)20-12-3-1-2-4-14(12)24-16(18)19/h1-8,16H,9H2,(H,20,22). The molecule has 5 nitrogen and oxygen atoms in total. The zero-order valence-corrected chi connectivity index (χ0v) is 13.8. The van der Waals surface area contributed by atoms with Crippen LogP contribution in [0.1, 0.15) is 10.4 Å². The minimum absolute atomic E-state index is 0.0952. The zero-order chi connectivity index (χ0) is 17.5. The van der Waals surface area contributed by atoms with E-state index in [1.165, 1.54) is 24.3 Å². The van der Waals surface area contributed by atoms with E-state index in [0.717, 1.165) is 0 Å². The Kier molecular flexibility index (Phi) is 6.25. The lowest BCUT2D eigenvalue weighted by Gasteiger charge is -2.12. The van der Waals surface area contributed by atoms with E-state index in [0.29, 0.717) is 10.8 Å². The zero-order valence-electron chi connectivity index (χ0n) is 12.2. The molecule has 0 bridgehead atoms. The number of aldehydes is 1. The second-order valence-corrected chi connectivity index (χ2v) is 5.43. The molecule has 0 aliphatic rings. The largest absolute Gasteiger partial charge is 0.483 e. The Morgan fingerprint density at radius 2 is 1.96 bits per heavy atom. The average molecular weight is 400 g/mol. The van der Waals surface area contributed by atoms with Gasteiger partial charge in [0.15, 0.2) is 12.9 Å². The predicted molar refractivity (Wildman–Crippen MR) is 86.7 cm³/mol. The summed E-state index contributed by atoms with van der Waals surface area (Å²) in [5.74, 6) is -0.501. The van der Waals surface area contributed by atoms with Gasteiger partial charge in [0.1, 0.15) is 11.5 Å². The van der Waals surface area contributed by atoms with Gasteiger partial charge < -0.3 is 14.8 Å². The highest BCUT2D eigenvalue weighted by Crippen LogP contribution is 2.26. The molecule has 2 rings (SSSR count). The normalized spacial score (nSPS) is 10.3. The number of anilines is 1. The van der Waals surface area contributed by atoms with Crippen molar-refractivity contribution < 1.29 is 27.8 Å². The summed E-state index contributed by atoms with van der Waals surface area (Å²) in [6, 6.07) is 10.5. The van der Waals surface area contributed by atoms with Gasteiger partial charge >= 0.3 is 6.61 Å². The molecule has 0 aromatic heterocycles. The molecular weight excluding hydrogens is 388 g/mol. The van der Waals surface area contributed by atoms with Gasteiger partial charge in [-0.2, -0.15) is 8.78 Å². The molecule has 126 valence electrons. The molecule has 0 saturated heterocycles. The van der Waals surface area contributed by atoms with E-state index in [1.54, 1.807) is 18.2 Å². The first-order valence-electron chi connectivity index (χ1n) is 6.71. The van der Waals surface area contributed by atoms with Gasteiger partial charge in [-0.3, -0.25) is 9.59 Å². The Labute approximate surface area is 144 Å². The molecule has 1 N–H and O–H groups in total. The van der Waals surface area contributed by atoms with E-state index in [-0.39, 0.29) is 22.7 Å². The van der Waals surface area contributed by atoms with Crippen LogP contribution in [0.5, 0.6) is 11.5 Å². The minimum atomic E-state index is -3.00. The highest BCUT2D eigenvalue weighted by Gasteiger charge is 2.12. The number of benzene rings is 2. The van der Waals surface area contributed by atoms with E-state index in [2.05, 4.69) is 26.0 Å². The van der Waals surface area contributed by atoms with Crippen molar-refractivity contribution in [3.8, 4) is 11.5 Å². The van der Waals surface area contributed by atoms with Crippen LogP contribution in [-0.4, -0.2) is 25.4 Å². The van der Waals surface area contributed by atoms with Crippen molar-refractivity contribution in [1.29, 1.82) is 0 Å². The number of rotatable bonds is 7. The van der Waals surface area contributed by atoms with Crippen molar-refractivity contribution in [3.05, 3.63) is 52.5 Å². The highest BCUT2D eigenvalue weighted by molar-refractivity contribution is 9.10. The first kappa shape index (κ1) is 17.9. The molecule has 1 amide bonds. The Hall–Kier alpha value is -2.48. The Morgan fingerprint density at radius 1 is 1.21 bits per heavy atom. The number of hydrogen-bond donors (Lipinski definition) is 1. The van der Waals surface area contributed by atoms with Gasteiger partial charge in [-0.15, -0.1) is 0 Å². The van der Waals surface area contributed by atoms with Crippen LogP contribution in [0.4, 0.5) is 14.5 Å². The molecule has 2 aromatic rings. The second-order valence-electron chi connectivity index (χ2n) is 4.51. The monoisotopic (exact) mass is 399 g/mol. The summed E-state index contributed by atoms with van der Waals surface area (Å²) in [6.07, 6.45) is 0.601. The summed E-state index contributed by atoms with van der Waals surface area (Å²) in [5, 5.41) is 2.42. The lowest BCUT2D eigenvalue weighted by atomic mass is 10.2. The van der Waals surface area contributed by atoms with Gasteiger partial charge in [-0.25, -0.2) is 0 Å². The third-order valence-electron chi connectivity index (χ3n) is 2.83. The van der Waals surface area contributed by atoms with Gasteiger partial charge in [0.05, 0.1) is 11.3 Å². The smallest absolute Gasteiger partial charge is 0.387 e. The molecule has 0 saturated carbocycles. The van der Waals surface area contributed by atoms with Gasteiger partial charge in [0.25, 0.3) is 5.91 Å². The van der Waals surface area contributed by atoms with Crippen LogP contribution in [0.25, 0.3) is 0 Å². The molecule has 2 aromatic carbocycles. The number of nitrogens with one attached hydrogen (secondary N) is 1. The fourth-order valence-electron chi connectivity index (χ4n) is 1.84. The maximum absolute atomic E-state index is 12.3. The summed E-state index contributed by atoms with van der Waals surface area (Å²) < 4.78 is 35.0. The molecule has 0 spiro atoms. The molecule has 0 aliphatic carbocycles. The van der Waals surface area contributed by atoms with Crippen molar-refractivity contribution in [3.63, 3.8) is 0 Å². The summed E-state index contributed by atoms with van der Waals surface area (Å²) >= 11 is 3.22.